The normalized spacial score (nSPS) is 16.3. The molecule has 18 heavy (non-hydrogen) atoms. The molecule has 2 nitrogen and oxygen atoms in total. The number of rotatable bonds is 6. The molecule has 0 aromatic heterocycles. The predicted octanol–water partition coefficient (Wildman–Crippen LogP) is 3.98. The van der Waals surface area contributed by atoms with Crippen molar-refractivity contribution in [1.29, 1.82) is 0 Å². The third kappa shape index (κ3) is 4.43. The quantitative estimate of drug-likeness (QED) is 0.832. The fraction of sp³-hybridized carbons (Fsp3) is 0.571. The molecule has 0 radical (unpaired) electrons. The van der Waals surface area contributed by atoms with E-state index in [2.05, 4.69) is 13.8 Å². The van der Waals surface area contributed by atoms with Gasteiger partial charge in [0.2, 0.25) is 0 Å². The van der Waals surface area contributed by atoms with Crippen LogP contribution in [0.25, 0.3) is 0 Å². The van der Waals surface area contributed by atoms with Gasteiger partial charge in [0.15, 0.2) is 0 Å². The minimum Gasteiger partial charge on any atom is -0.391 e. The van der Waals surface area contributed by atoms with Crippen LogP contribution < -0.4 is 5.73 Å². The molecule has 1 aromatic rings. The third-order valence-electron chi connectivity index (χ3n) is 3.22. The Kier molecular flexibility index (Phi) is 6.44. The van der Waals surface area contributed by atoms with Crippen molar-refractivity contribution < 1.29 is 5.11 Å². The van der Waals surface area contributed by atoms with E-state index in [-0.39, 0.29) is 12.0 Å². The van der Waals surface area contributed by atoms with E-state index in [1.165, 1.54) is 0 Å². The van der Waals surface area contributed by atoms with Crippen molar-refractivity contribution in [2.75, 3.05) is 0 Å². The van der Waals surface area contributed by atoms with Gasteiger partial charge >= 0.3 is 0 Å². The van der Waals surface area contributed by atoms with Crippen LogP contribution in [0.2, 0.25) is 10.0 Å². The largest absolute Gasteiger partial charge is 0.391 e. The number of hydrogen-bond acceptors (Lipinski definition) is 2. The summed E-state index contributed by atoms with van der Waals surface area (Å²) < 4.78 is 0. The van der Waals surface area contributed by atoms with Gasteiger partial charge < -0.3 is 10.8 Å². The van der Waals surface area contributed by atoms with Crippen molar-refractivity contribution in [3.8, 4) is 0 Å². The molecule has 0 aliphatic carbocycles. The van der Waals surface area contributed by atoms with Gasteiger partial charge in [0.25, 0.3) is 0 Å². The zero-order valence-electron chi connectivity index (χ0n) is 10.9. The van der Waals surface area contributed by atoms with Crippen molar-refractivity contribution in [1.82, 2.24) is 0 Å². The molecule has 0 saturated carbocycles. The van der Waals surface area contributed by atoms with Crippen molar-refractivity contribution in [2.24, 2.45) is 5.73 Å². The summed E-state index contributed by atoms with van der Waals surface area (Å²) in [7, 11) is 0. The van der Waals surface area contributed by atoms with Gasteiger partial charge in [-0.15, -0.1) is 0 Å². The highest BCUT2D eigenvalue weighted by atomic mass is 35.5. The lowest BCUT2D eigenvalue weighted by Crippen LogP contribution is -2.35. The molecule has 0 bridgehead atoms. The third-order valence-corrected chi connectivity index (χ3v) is 3.96. The van der Waals surface area contributed by atoms with E-state index >= 15 is 0 Å². The Morgan fingerprint density at radius 2 is 1.94 bits per heavy atom. The average Bonchev–Trinajstić information content (AvgIpc) is 2.32. The van der Waals surface area contributed by atoms with Crippen LogP contribution in [0.5, 0.6) is 0 Å². The molecule has 3 atom stereocenters. The topological polar surface area (TPSA) is 46.2 Å². The number of aliphatic hydroxyl groups is 1. The Labute approximate surface area is 119 Å². The second-order valence-corrected chi connectivity index (χ2v) is 5.64. The average molecular weight is 290 g/mol. The fourth-order valence-corrected chi connectivity index (χ4v) is 2.32. The summed E-state index contributed by atoms with van der Waals surface area (Å²) in [6.45, 7) is 4.12. The minimum absolute atomic E-state index is 0.153. The van der Waals surface area contributed by atoms with Crippen LogP contribution in [0.1, 0.15) is 44.6 Å². The molecule has 1 rings (SSSR count). The van der Waals surface area contributed by atoms with E-state index in [1.54, 1.807) is 6.07 Å². The maximum absolute atomic E-state index is 10.0. The van der Waals surface area contributed by atoms with Crippen LogP contribution in [0.15, 0.2) is 18.2 Å². The zero-order chi connectivity index (χ0) is 13.7. The van der Waals surface area contributed by atoms with Gasteiger partial charge in [0, 0.05) is 6.04 Å². The van der Waals surface area contributed by atoms with Gasteiger partial charge in [0.1, 0.15) is 0 Å². The van der Waals surface area contributed by atoms with Gasteiger partial charge in [-0.25, -0.2) is 0 Å². The second kappa shape index (κ2) is 7.34. The van der Waals surface area contributed by atoms with Crippen molar-refractivity contribution >= 4 is 23.2 Å². The Bertz CT molecular complexity index is 384. The molecule has 0 heterocycles. The summed E-state index contributed by atoms with van der Waals surface area (Å²) in [5.74, 6) is 0.206. The molecule has 0 fully saturated rings. The number of nitrogens with two attached hydrogens (primary N) is 1. The van der Waals surface area contributed by atoms with Crippen LogP contribution in [0.4, 0.5) is 0 Å². The highest BCUT2D eigenvalue weighted by Gasteiger charge is 2.18. The molecule has 1 aromatic carbocycles. The van der Waals surface area contributed by atoms with Gasteiger partial charge in [0.05, 0.1) is 16.1 Å². The molecule has 4 heteroatoms. The van der Waals surface area contributed by atoms with Gasteiger partial charge in [-0.1, -0.05) is 49.5 Å². The van der Waals surface area contributed by atoms with Crippen molar-refractivity contribution in [3.63, 3.8) is 0 Å². The smallest absolute Gasteiger partial charge is 0.0696 e. The van der Waals surface area contributed by atoms with Crippen LogP contribution in [0.3, 0.4) is 0 Å². The summed E-state index contributed by atoms with van der Waals surface area (Å²) in [5, 5.41) is 11.1. The maximum atomic E-state index is 10.0. The lowest BCUT2D eigenvalue weighted by molar-refractivity contribution is 0.124. The Morgan fingerprint density at radius 1 is 1.28 bits per heavy atom. The molecular weight excluding hydrogens is 269 g/mol. The molecule has 3 N–H and O–H groups in total. The zero-order valence-corrected chi connectivity index (χ0v) is 12.4. The standard InChI is InChI=1S/C14H21Cl2NO/c1-3-4-13(17)14(18)7-9(2)10-5-6-11(15)12(16)8-10/h5-6,8-9,13-14,18H,3-4,7,17H2,1-2H3. The number of halogens is 2. The summed E-state index contributed by atoms with van der Waals surface area (Å²) in [5.41, 5.74) is 6.99. The van der Waals surface area contributed by atoms with E-state index in [4.69, 9.17) is 28.9 Å². The number of hydrogen-bond donors (Lipinski definition) is 2. The summed E-state index contributed by atoms with van der Waals surface area (Å²) in [6, 6.07) is 5.43. The Balaban J connectivity index is 2.64. The monoisotopic (exact) mass is 289 g/mol. The number of aliphatic hydroxyl groups excluding tert-OH is 1. The lowest BCUT2D eigenvalue weighted by Gasteiger charge is -2.22. The highest BCUT2D eigenvalue weighted by molar-refractivity contribution is 6.42. The van der Waals surface area contributed by atoms with Crippen LogP contribution in [-0.4, -0.2) is 17.3 Å². The van der Waals surface area contributed by atoms with Crippen molar-refractivity contribution in [2.45, 2.75) is 51.2 Å². The highest BCUT2D eigenvalue weighted by Crippen LogP contribution is 2.28. The molecule has 0 amide bonds. The minimum atomic E-state index is -0.477. The van der Waals surface area contributed by atoms with E-state index in [0.29, 0.717) is 16.5 Å². The van der Waals surface area contributed by atoms with E-state index < -0.39 is 6.10 Å². The van der Waals surface area contributed by atoms with Crippen LogP contribution >= 0.6 is 23.2 Å². The van der Waals surface area contributed by atoms with Crippen LogP contribution in [0, 0.1) is 0 Å². The second-order valence-electron chi connectivity index (χ2n) is 4.83. The van der Waals surface area contributed by atoms with E-state index in [1.807, 2.05) is 12.1 Å². The molecule has 0 aliphatic heterocycles. The van der Waals surface area contributed by atoms with Gasteiger partial charge in [-0.3, -0.25) is 0 Å². The fourth-order valence-electron chi connectivity index (χ4n) is 2.02. The molecule has 0 saturated heterocycles. The molecule has 0 aliphatic rings. The first-order chi connectivity index (χ1) is 8.45. The maximum Gasteiger partial charge on any atom is 0.0696 e. The number of benzene rings is 1. The van der Waals surface area contributed by atoms with E-state index in [0.717, 1.165) is 18.4 Å². The van der Waals surface area contributed by atoms with Gasteiger partial charge in [-0.05, 0) is 36.5 Å². The Morgan fingerprint density at radius 3 is 2.50 bits per heavy atom. The summed E-state index contributed by atoms with van der Waals surface area (Å²) in [4.78, 5) is 0. The molecule has 0 spiro atoms. The SMILES string of the molecule is CCCC(N)C(O)CC(C)c1ccc(Cl)c(Cl)c1. The van der Waals surface area contributed by atoms with Crippen LogP contribution in [-0.2, 0) is 0 Å². The lowest BCUT2D eigenvalue weighted by atomic mass is 9.91. The van der Waals surface area contributed by atoms with Crippen molar-refractivity contribution in [3.05, 3.63) is 33.8 Å². The first-order valence-corrected chi connectivity index (χ1v) is 7.09. The summed E-state index contributed by atoms with van der Waals surface area (Å²) in [6.07, 6.45) is 1.99. The molecule has 3 unspecified atom stereocenters. The Hall–Kier alpha value is -0.280. The first kappa shape index (κ1) is 15.8. The molecular formula is C14H21Cl2NO. The summed E-state index contributed by atoms with van der Waals surface area (Å²) >= 11 is 11.9. The molecule has 102 valence electrons. The van der Waals surface area contributed by atoms with Gasteiger partial charge in [-0.2, -0.15) is 0 Å². The van der Waals surface area contributed by atoms with E-state index in [9.17, 15) is 5.11 Å². The predicted molar refractivity (Wildman–Crippen MR) is 78.4 cm³/mol. The first-order valence-electron chi connectivity index (χ1n) is 6.34.